The number of Topliss-reactive ketones (excluding diaryl/α,β-unsaturated/α-hetero) is 2. The monoisotopic (exact) mass is 1410 g/mol. The van der Waals surface area contributed by atoms with Crippen LogP contribution in [0, 0.1) is 5.92 Å². The maximum atomic E-state index is 13.2. The Kier molecular flexibility index (Phi) is 31.8. The Morgan fingerprint density at radius 2 is 1.21 bits per heavy atom. The van der Waals surface area contributed by atoms with Crippen LogP contribution in [0.1, 0.15) is 211 Å². The highest BCUT2D eigenvalue weighted by Crippen LogP contribution is 2.48. The zero-order chi connectivity index (χ0) is 72.2. The minimum Gasteiger partial charge on any atom is -0.481 e. The number of para-hydroxylation sites is 2. The molecule has 8 N–H and O–H groups in total. The van der Waals surface area contributed by atoms with Gasteiger partial charge in [-0.1, -0.05) is 113 Å². The molecule has 0 fully saturated rings. The van der Waals surface area contributed by atoms with Crippen molar-refractivity contribution in [2.75, 3.05) is 42.6 Å². The summed E-state index contributed by atoms with van der Waals surface area (Å²) in [5, 5.41) is 36.2. The summed E-state index contributed by atoms with van der Waals surface area (Å²) in [6.45, 7) is 10.4. The molecule has 3 aliphatic rings. The number of carbonyl (C=O) groups is 7. The van der Waals surface area contributed by atoms with E-state index in [9.17, 15) is 69.7 Å². The zero-order valence-corrected chi connectivity index (χ0v) is 59.7. The number of carboxylic acids is 3. The lowest BCUT2D eigenvalue weighted by Gasteiger charge is -2.27. The van der Waals surface area contributed by atoms with Crippen LogP contribution in [0.25, 0.3) is 0 Å². The number of benzene rings is 3. The number of hydrogen-bond donors (Lipinski definition) is 8. The molecule has 0 saturated carbocycles. The molecule has 3 amide bonds. The van der Waals surface area contributed by atoms with Gasteiger partial charge >= 0.3 is 23.9 Å². The molecule has 3 aromatic carbocycles. The van der Waals surface area contributed by atoms with E-state index >= 15 is 0 Å². The summed E-state index contributed by atoms with van der Waals surface area (Å²) in [5.41, 5.74) is 8.16. The molecule has 6 rings (SSSR count). The number of nitrogens with one attached hydrogen (secondary N) is 3. The van der Waals surface area contributed by atoms with Gasteiger partial charge in [-0.3, -0.25) is 33.1 Å². The standard InChI is InChI=1S/C75H103N5O17S2/c1-74(2)61-30-15-17-32-64(61)79(48-20-22-50-98(91,92)93)66(74)44-38-55-26-24-27-56(39-45-67-75(3,4)62-31-16-18-33-65(62)80(67)49-21-23-51-99(94,95)96)70(55)97-60-41-36-54(37-42-60)52-57(71(86)87)53-59(82)29-13-9-7-11-19-46-76-68(83)34-14-10-6-5-8-12-28-58(81)40-43-63(72(88)89)78-73(90)77-47-25-35-69(84)85/h15-18,30-33,36-39,41-42,44-45,57,63H,5-14,19-29,34-35,40,43,46-53H2,1-4H3,(H7-,76,77,78,83,84,85,86,87,88,89,90,91,92,93,94,95,96)/p+1/t57-,63+/m1/s1. The smallest absolute Gasteiger partial charge is 0.326 e. The predicted molar refractivity (Wildman–Crippen MR) is 382 cm³/mol. The lowest BCUT2D eigenvalue weighted by atomic mass is 9.81. The Morgan fingerprint density at radius 3 is 1.87 bits per heavy atom. The van der Waals surface area contributed by atoms with E-state index in [4.69, 9.17) is 9.84 Å². The molecule has 0 radical (unpaired) electrons. The van der Waals surface area contributed by atoms with Crippen LogP contribution in [-0.2, 0) is 66.3 Å². The van der Waals surface area contributed by atoms with Crippen LogP contribution in [0.2, 0.25) is 0 Å². The maximum Gasteiger partial charge on any atom is 0.326 e. The third kappa shape index (κ3) is 26.7. The van der Waals surface area contributed by atoms with Crippen LogP contribution < -0.4 is 25.6 Å². The Morgan fingerprint density at radius 1 is 0.606 bits per heavy atom. The fourth-order valence-corrected chi connectivity index (χ4v) is 14.4. The van der Waals surface area contributed by atoms with Crippen molar-refractivity contribution in [3.63, 3.8) is 0 Å². The Bertz CT molecular complexity index is 3680. The van der Waals surface area contributed by atoms with Crippen molar-refractivity contribution in [1.82, 2.24) is 16.0 Å². The van der Waals surface area contributed by atoms with Gasteiger partial charge in [-0.15, -0.1) is 0 Å². The van der Waals surface area contributed by atoms with E-state index in [0.29, 0.717) is 95.4 Å². The number of hydrogen-bond acceptors (Lipinski definition) is 13. The molecule has 2 heterocycles. The van der Waals surface area contributed by atoms with E-state index < -0.39 is 67.0 Å². The summed E-state index contributed by atoms with van der Waals surface area (Å²) in [6, 6.07) is 21.7. The van der Waals surface area contributed by atoms with Crippen LogP contribution in [0.3, 0.4) is 0 Å². The van der Waals surface area contributed by atoms with E-state index in [1.807, 2.05) is 48.5 Å². The van der Waals surface area contributed by atoms with Crippen LogP contribution in [0.5, 0.6) is 5.75 Å². The number of carbonyl (C=O) groups excluding carboxylic acids is 4. The van der Waals surface area contributed by atoms with Gasteiger partial charge in [-0.25, -0.2) is 9.59 Å². The van der Waals surface area contributed by atoms with Gasteiger partial charge in [0.25, 0.3) is 20.2 Å². The van der Waals surface area contributed by atoms with E-state index in [1.54, 1.807) is 0 Å². The summed E-state index contributed by atoms with van der Waals surface area (Å²) in [6.07, 6.45) is 22.3. The largest absolute Gasteiger partial charge is 0.481 e. The highest BCUT2D eigenvalue weighted by molar-refractivity contribution is 7.86. The first-order valence-electron chi connectivity index (χ1n) is 35.2. The zero-order valence-electron chi connectivity index (χ0n) is 58.1. The lowest BCUT2D eigenvalue weighted by Crippen LogP contribution is -2.46. The molecule has 99 heavy (non-hydrogen) atoms. The van der Waals surface area contributed by atoms with Gasteiger partial charge in [-0.2, -0.15) is 21.4 Å². The molecule has 0 spiro atoms. The third-order valence-corrected chi connectivity index (χ3v) is 20.3. The molecule has 2 aliphatic heterocycles. The molecule has 3 aromatic rings. The number of allylic oxidation sites excluding steroid dienone is 7. The van der Waals surface area contributed by atoms with Crippen molar-refractivity contribution in [1.29, 1.82) is 0 Å². The average molecular weight is 1410 g/mol. The highest BCUT2D eigenvalue weighted by atomic mass is 32.2. The first-order valence-corrected chi connectivity index (χ1v) is 38.4. The van der Waals surface area contributed by atoms with E-state index in [0.717, 1.165) is 115 Å². The molecular formula is C75H104N5O17S2+. The number of anilines is 1. The maximum absolute atomic E-state index is 13.2. The van der Waals surface area contributed by atoms with E-state index in [-0.39, 0.29) is 80.5 Å². The van der Waals surface area contributed by atoms with Gasteiger partial charge in [-0.05, 0) is 150 Å². The second-order valence-electron chi connectivity index (χ2n) is 27.3. The predicted octanol–water partition coefficient (Wildman–Crippen LogP) is 12.8. The normalized spacial score (nSPS) is 16.4. The van der Waals surface area contributed by atoms with Crippen LogP contribution in [-0.4, -0.2) is 137 Å². The van der Waals surface area contributed by atoms with Crippen molar-refractivity contribution in [2.24, 2.45) is 5.92 Å². The molecule has 24 heteroatoms. The number of fused-ring (bicyclic) bond motifs is 2. The third-order valence-electron chi connectivity index (χ3n) is 18.7. The highest BCUT2D eigenvalue weighted by Gasteiger charge is 2.44. The molecule has 22 nitrogen and oxygen atoms in total. The van der Waals surface area contributed by atoms with Gasteiger partial charge in [0.1, 0.15) is 35.7 Å². The Hall–Kier alpha value is -7.80. The molecule has 0 unspecified atom stereocenters. The number of amides is 3. The van der Waals surface area contributed by atoms with Crippen molar-refractivity contribution in [3.8, 4) is 5.75 Å². The molecule has 0 aromatic heterocycles. The van der Waals surface area contributed by atoms with Crippen molar-refractivity contribution < 1.29 is 84.1 Å². The number of rotatable bonds is 46. The van der Waals surface area contributed by atoms with Gasteiger partial charge < -0.3 is 40.9 Å². The van der Waals surface area contributed by atoms with Gasteiger partial charge in [0.05, 0.1) is 22.8 Å². The number of aliphatic carboxylic acids is 3. The lowest BCUT2D eigenvalue weighted by molar-refractivity contribution is -0.438. The number of nitrogens with zero attached hydrogens (tertiary/aromatic N) is 2. The quantitative estimate of drug-likeness (QED) is 0.0148. The first-order chi connectivity index (χ1) is 47.0. The molecule has 0 bridgehead atoms. The number of urea groups is 1. The van der Waals surface area contributed by atoms with Crippen molar-refractivity contribution >= 4 is 78.7 Å². The average Bonchev–Trinajstić information content (AvgIpc) is 1.61. The van der Waals surface area contributed by atoms with E-state index in [2.05, 4.69) is 102 Å². The first kappa shape index (κ1) is 80.2. The second-order valence-corrected chi connectivity index (χ2v) is 30.5. The second kappa shape index (κ2) is 39.3. The topological polar surface area (TPSA) is 340 Å². The van der Waals surface area contributed by atoms with Crippen LogP contribution in [0.4, 0.5) is 16.2 Å². The van der Waals surface area contributed by atoms with Gasteiger partial charge in [0.15, 0.2) is 5.71 Å². The minimum atomic E-state index is -4.12. The Balaban J connectivity index is 0.988. The molecular weight excluding hydrogens is 1310 g/mol. The summed E-state index contributed by atoms with van der Waals surface area (Å²) >= 11 is 0. The van der Waals surface area contributed by atoms with Crippen molar-refractivity contribution in [3.05, 3.63) is 136 Å². The van der Waals surface area contributed by atoms with Gasteiger partial charge in [0, 0.05) is 99.1 Å². The summed E-state index contributed by atoms with van der Waals surface area (Å²) in [7, 11) is -8.23. The number of ether oxygens (including phenoxy) is 1. The Labute approximate surface area is 584 Å². The van der Waals surface area contributed by atoms with Gasteiger partial charge in [0.2, 0.25) is 11.6 Å². The van der Waals surface area contributed by atoms with E-state index in [1.165, 1.54) is 0 Å². The molecule has 1 aliphatic carbocycles. The fraction of sp³-hybridized carbons (Fsp3) is 0.547. The molecule has 0 saturated heterocycles. The van der Waals surface area contributed by atoms with Crippen LogP contribution >= 0.6 is 0 Å². The SMILES string of the molecule is CC1(C)C(=CC=C2CCCC(C=CC3=[N+](CCCCS(=O)(=O)O)c4ccccc4C3(C)C)=C2Oc2ccc(C[C@H](CC(=O)CCCCCCCNC(=O)CCCCCCCCC(=O)CC[C@H](NC(=O)NCCCC(=O)O)C(=O)O)C(=O)O)cc2)N(CCCCS(=O)(=O)O)c2ccccc21. The molecule has 2 atom stereocenters. The summed E-state index contributed by atoms with van der Waals surface area (Å²) in [5.74, 6) is -3.88. The number of carboxylic acid groups (broad SMARTS) is 3. The van der Waals surface area contributed by atoms with Crippen molar-refractivity contribution in [2.45, 2.75) is 218 Å². The fourth-order valence-electron chi connectivity index (χ4n) is 13.2. The molecule has 542 valence electrons. The summed E-state index contributed by atoms with van der Waals surface area (Å²) in [4.78, 5) is 87.1. The summed E-state index contributed by atoms with van der Waals surface area (Å²) < 4.78 is 74.8. The van der Waals surface area contributed by atoms with Crippen LogP contribution in [0.15, 0.2) is 120 Å². The number of unbranched alkanes of at least 4 members (excludes halogenated alkanes) is 11. The number of ketones is 2. The minimum absolute atomic E-state index is 0.00500.